The highest BCUT2D eigenvalue weighted by Gasteiger charge is 2.27. The molecule has 1 aliphatic carbocycles. The van der Waals surface area contributed by atoms with E-state index in [-0.39, 0.29) is 10.8 Å². The van der Waals surface area contributed by atoms with Gasteiger partial charge in [0.1, 0.15) is 0 Å². The van der Waals surface area contributed by atoms with Crippen LogP contribution >= 0.6 is 15.9 Å². The Labute approximate surface area is 169 Å². The summed E-state index contributed by atoms with van der Waals surface area (Å²) >= 11 is 3.32. The Kier molecular flexibility index (Phi) is 6.22. The molecule has 5 nitrogen and oxygen atoms in total. The highest BCUT2D eigenvalue weighted by atomic mass is 79.9. The van der Waals surface area contributed by atoms with E-state index in [1.165, 1.54) is 25.0 Å². The van der Waals surface area contributed by atoms with Crippen molar-refractivity contribution in [1.82, 2.24) is 4.90 Å². The van der Waals surface area contributed by atoms with Gasteiger partial charge in [0.25, 0.3) is 15.9 Å². The van der Waals surface area contributed by atoms with Gasteiger partial charge < -0.3 is 4.90 Å². The fourth-order valence-corrected chi connectivity index (χ4v) is 4.24. The summed E-state index contributed by atoms with van der Waals surface area (Å²) in [5.74, 6) is 0.482. The largest absolute Gasteiger partial charge is 0.338 e. The minimum atomic E-state index is -3.77. The molecule has 0 bridgehead atoms. The lowest BCUT2D eigenvalue weighted by Crippen LogP contribution is -2.33. The first kappa shape index (κ1) is 19.9. The minimum absolute atomic E-state index is 0.0825. The number of amides is 1. The Morgan fingerprint density at radius 2 is 1.89 bits per heavy atom. The van der Waals surface area contributed by atoms with Crippen LogP contribution in [-0.2, 0) is 10.0 Å². The van der Waals surface area contributed by atoms with E-state index in [2.05, 4.69) is 20.7 Å². The van der Waals surface area contributed by atoms with Crippen molar-refractivity contribution in [2.75, 3.05) is 17.8 Å². The molecule has 144 valence electrons. The SMILES string of the molecule is CCCN(CC1CC1)C(=O)c1cccc(S(=O)(=O)Nc2ccc(Br)cc2)c1. The number of carbonyl (C=O) groups is 1. The van der Waals surface area contributed by atoms with E-state index in [1.54, 1.807) is 36.4 Å². The molecule has 0 heterocycles. The minimum Gasteiger partial charge on any atom is -0.338 e. The first-order chi connectivity index (χ1) is 12.9. The van der Waals surface area contributed by atoms with E-state index in [9.17, 15) is 13.2 Å². The van der Waals surface area contributed by atoms with Crippen molar-refractivity contribution in [3.8, 4) is 0 Å². The van der Waals surface area contributed by atoms with Crippen LogP contribution in [0.3, 0.4) is 0 Å². The second-order valence-corrected chi connectivity index (χ2v) is 9.43. The number of hydrogen-bond donors (Lipinski definition) is 1. The normalized spacial score (nSPS) is 14.0. The maximum atomic E-state index is 12.9. The predicted molar refractivity (Wildman–Crippen MR) is 110 cm³/mol. The van der Waals surface area contributed by atoms with Crippen molar-refractivity contribution in [2.45, 2.75) is 31.1 Å². The number of carbonyl (C=O) groups excluding carboxylic acids is 1. The average molecular weight is 451 g/mol. The molecule has 1 aliphatic rings. The molecule has 0 aromatic heterocycles. The summed E-state index contributed by atoms with van der Waals surface area (Å²) < 4.78 is 28.8. The van der Waals surface area contributed by atoms with Crippen LogP contribution in [0.2, 0.25) is 0 Å². The number of benzene rings is 2. The van der Waals surface area contributed by atoms with Crippen molar-refractivity contribution >= 4 is 37.5 Å². The summed E-state index contributed by atoms with van der Waals surface area (Å²) in [5, 5.41) is 0. The lowest BCUT2D eigenvalue weighted by Gasteiger charge is -2.22. The van der Waals surface area contributed by atoms with Crippen molar-refractivity contribution in [3.63, 3.8) is 0 Å². The summed E-state index contributed by atoms with van der Waals surface area (Å²) in [4.78, 5) is 14.8. The first-order valence-corrected chi connectivity index (χ1v) is 11.3. The fourth-order valence-electron chi connectivity index (χ4n) is 2.87. The molecule has 1 fully saturated rings. The number of hydrogen-bond acceptors (Lipinski definition) is 3. The molecule has 0 unspecified atom stereocenters. The molecule has 7 heteroatoms. The van der Waals surface area contributed by atoms with Crippen molar-refractivity contribution in [3.05, 3.63) is 58.6 Å². The van der Waals surface area contributed by atoms with E-state index in [4.69, 9.17) is 0 Å². The molecule has 1 saturated carbocycles. The van der Waals surface area contributed by atoms with Crippen LogP contribution in [0.25, 0.3) is 0 Å². The highest BCUT2D eigenvalue weighted by Crippen LogP contribution is 2.30. The third-order valence-electron chi connectivity index (χ3n) is 4.44. The zero-order chi connectivity index (χ0) is 19.4. The average Bonchev–Trinajstić information content (AvgIpc) is 3.47. The molecule has 0 atom stereocenters. The third kappa shape index (κ3) is 5.32. The molecular formula is C20H23BrN2O3S. The van der Waals surface area contributed by atoms with Gasteiger partial charge in [0.15, 0.2) is 0 Å². The van der Waals surface area contributed by atoms with Gasteiger partial charge in [-0.15, -0.1) is 0 Å². The Balaban J connectivity index is 1.80. The van der Waals surface area contributed by atoms with Gasteiger partial charge in [-0.05, 0) is 67.6 Å². The molecule has 0 radical (unpaired) electrons. The molecule has 1 amide bonds. The van der Waals surface area contributed by atoms with Gasteiger partial charge in [0.05, 0.1) is 4.90 Å². The molecular weight excluding hydrogens is 428 g/mol. The standard InChI is InChI=1S/C20H23BrN2O3S/c1-2-12-23(14-15-6-7-15)20(24)16-4-3-5-19(13-16)27(25,26)22-18-10-8-17(21)9-11-18/h3-5,8-11,13,15,22H,2,6-7,12,14H2,1H3. The van der Waals surface area contributed by atoms with E-state index in [0.717, 1.165) is 17.4 Å². The van der Waals surface area contributed by atoms with Crippen LogP contribution < -0.4 is 4.72 Å². The van der Waals surface area contributed by atoms with Gasteiger partial charge in [-0.1, -0.05) is 28.9 Å². The highest BCUT2D eigenvalue weighted by molar-refractivity contribution is 9.10. The second kappa shape index (κ2) is 8.44. The summed E-state index contributed by atoms with van der Waals surface area (Å²) in [6.07, 6.45) is 3.21. The van der Waals surface area contributed by atoms with Gasteiger partial charge in [-0.3, -0.25) is 9.52 Å². The zero-order valence-electron chi connectivity index (χ0n) is 15.2. The molecule has 2 aromatic carbocycles. The predicted octanol–water partition coefficient (Wildman–Crippen LogP) is 4.51. The molecule has 3 rings (SSSR count). The molecule has 2 aromatic rings. The quantitative estimate of drug-likeness (QED) is 0.642. The van der Waals surface area contributed by atoms with Gasteiger partial charge in [0.2, 0.25) is 0 Å². The zero-order valence-corrected chi connectivity index (χ0v) is 17.6. The summed E-state index contributed by atoms with van der Waals surface area (Å²) in [6, 6.07) is 13.1. The number of anilines is 1. The Morgan fingerprint density at radius 3 is 2.52 bits per heavy atom. The lowest BCUT2D eigenvalue weighted by atomic mass is 10.2. The van der Waals surface area contributed by atoms with Crippen LogP contribution in [0.1, 0.15) is 36.5 Å². The maximum Gasteiger partial charge on any atom is 0.261 e. The van der Waals surface area contributed by atoms with Crippen LogP contribution in [0.4, 0.5) is 5.69 Å². The number of nitrogens with one attached hydrogen (secondary N) is 1. The molecule has 1 N–H and O–H groups in total. The molecule has 27 heavy (non-hydrogen) atoms. The molecule has 0 saturated heterocycles. The molecule has 0 aliphatic heterocycles. The topological polar surface area (TPSA) is 66.5 Å². The van der Waals surface area contributed by atoms with Crippen molar-refractivity contribution < 1.29 is 13.2 Å². The van der Waals surface area contributed by atoms with Crippen LogP contribution in [0, 0.1) is 5.92 Å². The number of sulfonamides is 1. The number of halogens is 1. The number of nitrogens with zero attached hydrogens (tertiary/aromatic N) is 1. The van der Waals surface area contributed by atoms with Gasteiger partial charge >= 0.3 is 0 Å². The van der Waals surface area contributed by atoms with E-state index in [1.807, 2.05) is 11.8 Å². The van der Waals surface area contributed by atoms with Gasteiger partial charge in [-0.2, -0.15) is 0 Å². The Bertz CT molecular complexity index is 909. The smallest absolute Gasteiger partial charge is 0.261 e. The summed E-state index contributed by atoms with van der Waals surface area (Å²) in [7, 11) is -3.77. The van der Waals surface area contributed by atoms with Crippen molar-refractivity contribution in [1.29, 1.82) is 0 Å². The van der Waals surface area contributed by atoms with Crippen LogP contribution in [0.5, 0.6) is 0 Å². The van der Waals surface area contributed by atoms with E-state index < -0.39 is 10.0 Å². The maximum absolute atomic E-state index is 12.9. The second-order valence-electron chi connectivity index (χ2n) is 6.83. The Hall–Kier alpha value is -1.86. The number of rotatable bonds is 8. The van der Waals surface area contributed by atoms with Crippen molar-refractivity contribution in [2.24, 2.45) is 5.92 Å². The van der Waals surface area contributed by atoms with Gasteiger partial charge in [-0.25, -0.2) is 8.42 Å². The first-order valence-electron chi connectivity index (χ1n) is 9.07. The van der Waals surface area contributed by atoms with Crippen LogP contribution in [0.15, 0.2) is 57.9 Å². The fraction of sp³-hybridized carbons (Fsp3) is 0.350. The molecule has 0 spiro atoms. The summed E-state index contributed by atoms with van der Waals surface area (Å²) in [6.45, 7) is 3.47. The van der Waals surface area contributed by atoms with Crippen LogP contribution in [-0.4, -0.2) is 32.3 Å². The Morgan fingerprint density at radius 1 is 1.19 bits per heavy atom. The lowest BCUT2D eigenvalue weighted by molar-refractivity contribution is 0.0747. The monoisotopic (exact) mass is 450 g/mol. The third-order valence-corrected chi connectivity index (χ3v) is 6.35. The van der Waals surface area contributed by atoms with E-state index in [0.29, 0.717) is 23.7 Å². The van der Waals surface area contributed by atoms with Gasteiger partial charge in [0, 0.05) is 28.8 Å². The van der Waals surface area contributed by atoms with E-state index >= 15 is 0 Å². The summed E-state index contributed by atoms with van der Waals surface area (Å²) in [5.41, 5.74) is 0.874.